The van der Waals surface area contributed by atoms with Gasteiger partial charge in [-0.3, -0.25) is 0 Å². The Bertz CT molecular complexity index is 604. The first-order valence-corrected chi connectivity index (χ1v) is 6.92. The van der Waals surface area contributed by atoms with Crippen LogP contribution in [0.5, 0.6) is 0 Å². The van der Waals surface area contributed by atoms with Gasteiger partial charge < -0.3 is 10.4 Å². The van der Waals surface area contributed by atoms with Gasteiger partial charge >= 0.3 is 5.97 Å². The number of aliphatic carboxylic acids is 1. The van der Waals surface area contributed by atoms with E-state index in [4.69, 9.17) is 0 Å². The molecule has 2 N–H and O–H groups in total. The van der Waals surface area contributed by atoms with Crippen LogP contribution in [0.25, 0.3) is 0 Å². The minimum absolute atomic E-state index is 0.702. The van der Waals surface area contributed by atoms with E-state index >= 15 is 0 Å². The SMILES string of the molecule is Cc1cccc(NC(C(=O)O)c2cc(C)sc2C)c1. The van der Waals surface area contributed by atoms with Crippen molar-refractivity contribution in [3.63, 3.8) is 0 Å². The average Bonchev–Trinajstić information content (AvgIpc) is 2.65. The molecular formula is C15H17NO2S. The van der Waals surface area contributed by atoms with Gasteiger partial charge in [0.1, 0.15) is 0 Å². The number of benzene rings is 1. The monoisotopic (exact) mass is 275 g/mol. The van der Waals surface area contributed by atoms with Crippen molar-refractivity contribution in [1.82, 2.24) is 0 Å². The van der Waals surface area contributed by atoms with Crippen LogP contribution < -0.4 is 5.32 Å². The van der Waals surface area contributed by atoms with Crippen molar-refractivity contribution in [2.75, 3.05) is 5.32 Å². The molecule has 0 aliphatic rings. The van der Waals surface area contributed by atoms with Crippen molar-refractivity contribution in [3.8, 4) is 0 Å². The molecule has 0 bridgehead atoms. The van der Waals surface area contributed by atoms with Crippen molar-refractivity contribution in [1.29, 1.82) is 0 Å². The van der Waals surface area contributed by atoms with E-state index in [0.29, 0.717) is 0 Å². The van der Waals surface area contributed by atoms with Crippen molar-refractivity contribution in [2.45, 2.75) is 26.8 Å². The second-order valence-electron chi connectivity index (χ2n) is 4.65. The highest BCUT2D eigenvalue weighted by Crippen LogP contribution is 2.29. The maximum absolute atomic E-state index is 11.5. The first-order chi connectivity index (χ1) is 8.97. The van der Waals surface area contributed by atoms with Crippen LogP contribution in [0.15, 0.2) is 30.3 Å². The second kappa shape index (κ2) is 5.45. The molecule has 0 spiro atoms. The second-order valence-corrected chi connectivity index (χ2v) is 6.11. The van der Waals surface area contributed by atoms with Gasteiger partial charge in [0, 0.05) is 15.4 Å². The first kappa shape index (κ1) is 13.6. The van der Waals surface area contributed by atoms with Crippen molar-refractivity contribution < 1.29 is 9.90 Å². The van der Waals surface area contributed by atoms with Gasteiger partial charge in [0.05, 0.1) is 0 Å². The number of aryl methyl sites for hydroxylation is 3. The van der Waals surface area contributed by atoms with E-state index in [1.807, 2.05) is 51.1 Å². The summed E-state index contributed by atoms with van der Waals surface area (Å²) in [6, 6.07) is 8.99. The van der Waals surface area contributed by atoms with Crippen LogP contribution in [0.4, 0.5) is 5.69 Å². The van der Waals surface area contributed by atoms with E-state index in [1.54, 1.807) is 11.3 Å². The maximum atomic E-state index is 11.5. The summed E-state index contributed by atoms with van der Waals surface area (Å²) in [7, 11) is 0. The highest BCUT2D eigenvalue weighted by Gasteiger charge is 2.22. The summed E-state index contributed by atoms with van der Waals surface area (Å²) in [6.07, 6.45) is 0. The Hall–Kier alpha value is -1.81. The highest BCUT2D eigenvalue weighted by atomic mass is 32.1. The smallest absolute Gasteiger partial charge is 0.330 e. The minimum atomic E-state index is -0.859. The Kier molecular flexibility index (Phi) is 3.90. The zero-order chi connectivity index (χ0) is 14.0. The standard InChI is InChI=1S/C15H17NO2S/c1-9-5-4-6-12(7-9)16-14(15(17)18)13-8-10(2)19-11(13)3/h4-8,14,16H,1-3H3,(H,17,18). The van der Waals surface area contributed by atoms with Gasteiger partial charge in [-0.05, 0) is 50.1 Å². The largest absolute Gasteiger partial charge is 0.479 e. The van der Waals surface area contributed by atoms with Crippen molar-refractivity contribution in [2.24, 2.45) is 0 Å². The van der Waals surface area contributed by atoms with E-state index in [-0.39, 0.29) is 0 Å². The molecule has 1 heterocycles. The first-order valence-electron chi connectivity index (χ1n) is 6.10. The lowest BCUT2D eigenvalue weighted by atomic mass is 10.1. The molecular weight excluding hydrogens is 258 g/mol. The van der Waals surface area contributed by atoms with Crippen LogP contribution in [0.2, 0.25) is 0 Å². The predicted molar refractivity (Wildman–Crippen MR) is 79.0 cm³/mol. The topological polar surface area (TPSA) is 49.3 Å². The number of hydrogen-bond acceptors (Lipinski definition) is 3. The van der Waals surface area contributed by atoms with E-state index in [0.717, 1.165) is 26.6 Å². The van der Waals surface area contributed by atoms with E-state index in [1.165, 1.54) is 0 Å². The van der Waals surface area contributed by atoms with Crippen LogP contribution in [0.1, 0.15) is 26.9 Å². The molecule has 0 radical (unpaired) electrons. The van der Waals surface area contributed by atoms with Gasteiger partial charge in [-0.25, -0.2) is 4.79 Å². The third-order valence-electron chi connectivity index (χ3n) is 2.97. The molecule has 0 saturated heterocycles. The molecule has 1 aromatic carbocycles. The lowest BCUT2D eigenvalue weighted by molar-refractivity contribution is -0.138. The Balaban J connectivity index is 2.32. The Morgan fingerprint density at radius 3 is 2.53 bits per heavy atom. The fraction of sp³-hybridized carbons (Fsp3) is 0.267. The van der Waals surface area contributed by atoms with E-state index in [2.05, 4.69) is 5.32 Å². The molecule has 1 unspecified atom stereocenters. The van der Waals surface area contributed by atoms with Crippen molar-refractivity contribution >= 4 is 23.0 Å². The van der Waals surface area contributed by atoms with Crippen LogP contribution in [-0.2, 0) is 4.79 Å². The summed E-state index contributed by atoms with van der Waals surface area (Å²) >= 11 is 1.63. The molecule has 2 rings (SSSR count). The lowest BCUT2D eigenvalue weighted by Crippen LogP contribution is -2.20. The molecule has 0 fully saturated rings. The molecule has 4 heteroatoms. The summed E-state index contributed by atoms with van der Waals surface area (Å²) in [5, 5.41) is 12.5. The number of nitrogens with one attached hydrogen (secondary N) is 1. The molecule has 1 aromatic heterocycles. The Morgan fingerprint density at radius 2 is 2.00 bits per heavy atom. The molecule has 0 aliphatic heterocycles. The number of rotatable bonds is 4. The fourth-order valence-corrected chi connectivity index (χ4v) is 3.07. The van der Waals surface area contributed by atoms with E-state index in [9.17, 15) is 9.90 Å². The van der Waals surface area contributed by atoms with Crippen molar-refractivity contribution in [3.05, 3.63) is 51.2 Å². The highest BCUT2D eigenvalue weighted by molar-refractivity contribution is 7.12. The molecule has 1 atom stereocenters. The zero-order valence-electron chi connectivity index (χ0n) is 11.2. The summed E-state index contributed by atoms with van der Waals surface area (Å²) in [4.78, 5) is 13.7. The number of carboxylic acids is 1. The molecule has 0 aliphatic carbocycles. The third-order valence-corrected chi connectivity index (χ3v) is 3.95. The molecule has 19 heavy (non-hydrogen) atoms. The molecule has 3 nitrogen and oxygen atoms in total. The minimum Gasteiger partial charge on any atom is -0.479 e. The van der Waals surface area contributed by atoms with Crippen LogP contribution in [-0.4, -0.2) is 11.1 Å². The van der Waals surface area contributed by atoms with Gasteiger partial charge in [-0.2, -0.15) is 0 Å². The summed E-state index contributed by atoms with van der Waals surface area (Å²) in [5.41, 5.74) is 2.78. The van der Waals surface area contributed by atoms with Gasteiger partial charge in [0.15, 0.2) is 6.04 Å². The molecule has 0 saturated carbocycles. The van der Waals surface area contributed by atoms with Gasteiger partial charge in [-0.15, -0.1) is 11.3 Å². The molecule has 2 aromatic rings. The Labute approximate surface area is 116 Å². The normalized spacial score (nSPS) is 12.2. The van der Waals surface area contributed by atoms with Crippen LogP contribution >= 0.6 is 11.3 Å². The predicted octanol–water partition coefficient (Wildman–Crippen LogP) is 3.91. The third kappa shape index (κ3) is 3.15. The van der Waals surface area contributed by atoms with Crippen LogP contribution in [0, 0.1) is 20.8 Å². The average molecular weight is 275 g/mol. The molecule has 100 valence electrons. The summed E-state index contributed by atoms with van der Waals surface area (Å²) in [6.45, 7) is 5.94. The fourth-order valence-electron chi connectivity index (χ4n) is 2.11. The van der Waals surface area contributed by atoms with Gasteiger partial charge in [0.2, 0.25) is 0 Å². The Morgan fingerprint density at radius 1 is 1.26 bits per heavy atom. The zero-order valence-corrected chi connectivity index (χ0v) is 12.0. The summed E-state index contributed by atoms with van der Waals surface area (Å²) in [5.74, 6) is -0.859. The van der Waals surface area contributed by atoms with Gasteiger partial charge in [-0.1, -0.05) is 12.1 Å². The summed E-state index contributed by atoms with van der Waals surface area (Å²) < 4.78 is 0. The number of thiophene rings is 1. The number of carboxylic acid groups (broad SMARTS) is 1. The maximum Gasteiger partial charge on any atom is 0.330 e. The molecule has 0 amide bonds. The quantitative estimate of drug-likeness (QED) is 0.889. The number of anilines is 1. The van der Waals surface area contributed by atoms with E-state index < -0.39 is 12.0 Å². The number of carbonyl (C=O) groups is 1. The van der Waals surface area contributed by atoms with Gasteiger partial charge in [0.25, 0.3) is 0 Å². The lowest BCUT2D eigenvalue weighted by Gasteiger charge is -2.16. The number of hydrogen-bond donors (Lipinski definition) is 2. The van der Waals surface area contributed by atoms with Crippen LogP contribution in [0.3, 0.4) is 0 Å².